The van der Waals surface area contributed by atoms with E-state index in [1.165, 1.54) is 39.1 Å². The van der Waals surface area contributed by atoms with Crippen LogP contribution in [-0.4, -0.2) is 9.97 Å². The minimum absolute atomic E-state index is 0.0499. The summed E-state index contributed by atoms with van der Waals surface area (Å²) in [6.45, 7) is 4.78. The molecule has 3 heteroatoms. The highest BCUT2D eigenvalue weighted by atomic mass is 15.3. The van der Waals surface area contributed by atoms with Crippen LogP contribution in [0.15, 0.2) is 127 Å². The predicted molar refractivity (Wildman–Crippen MR) is 163 cm³/mol. The zero-order chi connectivity index (χ0) is 26.8. The van der Waals surface area contributed by atoms with Gasteiger partial charge < -0.3 is 4.90 Å². The van der Waals surface area contributed by atoms with Crippen molar-refractivity contribution in [2.24, 2.45) is 5.41 Å². The van der Waals surface area contributed by atoms with Crippen molar-refractivity contribution in [1.29, 1.82) is 0 Å². The lowest BCUT2D eigenvalue weighted by Gasteiger charge is -2.45. The van der Waals surface area contributed by atoms with Gasteiger partial charge in [-0.15, -0.1) is 0 Å². The Balaban J connectivity index is 1.42. The normalized spacial score (nSPS) is 18.1. The molecule has 0 saturated heterocycles. The van der Waals surface area contributed by atoms with Crippen LogP contribution in [0.25, 0.3) is 34.2 Å². The first kappa shape index (κ1) is 23.2. The van der Waals surface area contributed by atoms with Gasteiger partial charge >= 0.3 is 0 Å². The smallest absolute Gasteiger partial charge is 0.231 e. The van der Waals surface area contributed by atoms with Gasteiger partial charge in [0.05, 0.1) is 17.4 Å². The topological polar surface area (TPSA) is 29.0 Å². The molecular formula is C37H29N3. The van der Waals surface area contributed by atoms with E-state index < -0.39 is 0 Å². The Hall–Kier alpha value is -4.76. The number of nitrogens with zero attached hydrogens (tertiary/aromatic N) is 3. The largest absolute Gasteiger partial charge is 0.302 e. The van der Waals surface area contributed by atoms with E-state index in [-0.39, 0.29) is 11.5 Å². The fraction of sp³-hybridized carbons (Fsp3) is 0.135. The van der Waals surface area contributed by atoms with E-state index in [1.54, 1.807) is 0 Å². The maximum Gasteiger partial charge on any atom is 0.231 e. The number of allylic oxidation sites excluding steroid dienone is 2. The summed E-state index contributed by atoms with van der Waals surface area (Å²) in [6.07, 6.45) is 3.29. The molecule has 3 aliphatic rings. The lowest BCUT2D eigenvalue weighted by atomic mass is 9.70. The number of anilines is 1. The average Bonchev–Trinajstić information content (AvgIpc) is 3.59. The molecule has 0 spiro atoms. The number of aromatic nitrogens is 2. The van der Waals surface area contributed by atoms with Crippen molar-refractivity contribution in [3.63, 3.8) is 0 Å². The van der Waals surface area contributed by atoms with Crippen LogP contribution >= 0.6 is 0 Å². The molecule has 2 heterocycles. The van der Waals surface area contributed by atoms with Crippen LogP contribution in [0, 0.1) is 5.41 Å². The van der Waals surface area contributed by atoms with Crippen LogP contribution in [0.1, 0.15) is 42.1 Å². The summed E-state index contributed by atoms with van der Waals surface area (Å²) >= 11 is 0. The summed E-state index contributed by atoms with van der Waals surface area (Å²) in [5.74, 6) is 0.753. The van der Waals surface area contributed by atoms with Crippen molar-refractivity contribution >= 4 is 17.6 Å². The van der Waals surface area contributed by atoms with Gasteiger partial charge in [-0.3, -0.25) is 0 Å². The van der Waals surface area contributed by atoms with Gasteiger partial charge in [0, 0.05) is 28.7 Å². The summed E-state index contributed by atoms with van der Waals surface area (Å²) < 4.78 is 0. The fourth-order valence-electron chi connectivity index (χ4n) is 6.94. The predicted octanol–water partition coefficient (Wildman–Crippen LogP) is 8.76. The quantitative estimate of drug-likeness (QED) is 0.240. The standard InChI is InChI=1S/C37H29N3/c1-37(2)30-21-26-17-10-12-20-29(26)35(30)40(33-22-27-18-9-11-19-28(27)34(33)37)36-38-31(24-13-5-3-6-14-24)23-32(39-36)25-15-7-4-8-16-25/h3-21,23,35H,22H2,1-2H3. The molecule has 0 N–H and O–H groups in total. The van der Waals surface area contributed by atoms with Gasteiger partial charge in [0.2, 0.25) is 5.95 Å². The van der Waals surface area contributed by atoms with Crippen molar-refractivity contribution in [3.05, 3.63) is 149 Å². The van der Waals surface area contributed by atoms with Crippen LogP contribution in [-0.2, 0) is 6.42 Å². The Morgan fingerprint density at radius 3 is 2.00 bits per heavy atom. The van der Waals surface area contributed by atoms with E-state index in [9.17, 15) is 0 Å². The maximum absolute atomic E-state index is 5.31. The van der Waals surface area contributed by atoms with Crippen LogP contribution < -0.4 is 4.90 Å². The second-order valence-corrected chi connectivity index (χ2v) is 11.5. The molecule has 1 atom stereocenters. The van der Waals surface area contributed by atoms with E-state index >= 15 is 0 Å². The third-order valence-electron chi connectivity index (χ3n) is 8.79. The molecular weight excluding hydrogens is 486 g/mol. The molecule has 2 aliphatic carbocycles. The molecule has 5 aromatic rings. The van der Waals surface area contributed by atoms with E-state index in [4.69, 9.17) is 9.97 Å². The fourth-order valence-corrected chi connectivity index (χ4v) is 6.94. The summed E-state index contributed by atoms with van der Waals surface area (Å²) in [5.41, 5.74) is 13.4. The molecule has 0 bridgehead atoms. The highest BCUT2D eigenvalue weighted by Crippen LogP contribution is 2.61. The first-order valence-corrected chi connectivity index (χ1v) is 14.0. The SMILES string of the molecule is CC1(C)C2=Cc3ccccc3C2N(c2nc(-c3ccccc3)cc(-c3ccccc3)n2)C2=C1c1ccccc1C2. The lowest BCUT2D eigenvalue weighted by molar-refractivity contribution is 0.517. The zero-order valence-corrected chi connectivity index (χ0v) is 22.7. The van der Waals surface area contributed by atoms with E-state index in [1.807, 2.05) is 0 Å². The lowest BCUT2D eigenvalue weighted by Crippen LogP contribution is -2.39. The van der Waals surface area contributed by atoms with Gasteiger partial charge in [0.1, 0.15) is 0 Å². The van der Waals surface area contributed by atoms with Gasteiger partial charge in [0.15, 0.2) is 0 Å². The Kier molecular flexibility index (Phi) is 4.99. The highest BCUT2D eigenvalue weighted by molar-refractivity contribution is 5.91. The Bertz CT molecular complexity index is 1790. The Morgan fingerprint density at radius 2 is 1.30 bits per heavy atom. The molecule has 1 aromatic heterocycles. The maximum atomic E-state index is 5.31. The van der Waals surface area contributed by atoms with Gasteiger partial charge in [-0.1, -0.05) is 129 Å². The minimum atomic E-state index is -0.124. The number of benzene rings is 4. The highest BCUT2D eigenvalue weighted by Gasteiger charge is 2.50. The molecule has 1 unspecified atom stereocenters. The second kappa shape index (κ2) is 8.62. The number of hydrogen-bond donors (Lipinski definition) is 0. The molecule has 0 amide bonds. The second-order valence-electron chi connectivity index (χ2n) is 11.5. The summed E-state index contributed by atoms with van der Waals surface area (Å²) in [5, 5.41) is 0. The van der Waals surface area contributed by atoms with Crippen LogP contribution in [0.4, 0.5) is 5.95 Å². The van der Waals surface area contributed by atoms with Gasteiger partial charge in [0.25, 0.3) is 0 Å². The average molecular weight is 516 g/mol. The molecule has 0 saturated carbocycles. The minimum Gasteiger partial charge on any atom is -0.302 e. The summed E-state index contributed by atoms with van der Waals surface area (Å²) in [6, 6.07) is 40.8. The Labute approximate surface area is 235 Å². The van der Waals surface area contributed by atoms with E-state index in [2.05, 4.69) is 140 Å². The monoisotopic (exact) mass is 515 g/mol. The van der Waals surface area contributed by atoms with E-state index in [0.29, 0.717) is 0 Å². The molecule has 192 valence electrons. The van der Waals surface area contributed by atoms with Crippen LogP contribution in [0.5, 0.6) is 0 Å². The van der Waals surface area contributed by atoms with Crippen LogP contribution in [0.3, 0.4) is 0 Å². The molecule has 3 nitrogen and oxygen atoms in total. The van der Waals surface area contributed by atoms with Gasteiger partial charge in [-0.05, 0) is 39.5 Å². The first-order chi connectivity index (χ1) is 19.6. The summed E-state index contributed by atoms with van der Waals surface area (Å²) in [7, 11) is 0. The van der Waals surface area contributed by atoms with Crippen molar-refractivity contribution in [2.75, 3.05) is 4.90 Å². The van der Waals surface area contributed by atoms with Crippen molar-refractivity contribution in [3.8, 4) is 22.5 Å². The molecule has 8 rings (SSSR count). The zero-order valence-electron chi connectivity index (χ0n) is 22.7. The van der Waals surface area contributed by atoms with Gasteiger partial charge in [-0.25, -0.2) is 9.97 Å². The third-order valence-corrected chi connectivity index (χ3v) is 8.79. The Morgan fingerprint density at radius 1 is 0.700 bits per heavy atom. The van der Waals surface area contributed by atoms with Crippen LogP contribution in [0.2, 0.25) is 0 Å². The van der Waals surface area contributed by atoms with E-state index in [0.717, 1.165) is 34.9 Å². The van der Waals surface area contributed by atoms with Gasteiger partial charge in [-0.2, -0.15) is 0 Å². The first-order valence-electron chi connectivity index (χ1n) is 14.0. The molecule has 0 radical (unpaired) electrons. The molecule has 0 fully saturated rings. The number of hydrogen-bond acceptors (Lipinski definition) is 3. The van der Waals surface area contributed by atoms with Crippen molar-refractivity contribution < 1.29 is 0 Å². The summed E-state index contributed by atoms with van der Waals surface area (Å²) in [4.78, 5) is 13.1. The van der Waals surface area contributed by atoms with Crippen molar-refractivity contribution in [1.82, 2.24) is 9.97 Å². The molecule has 1 aliphatic heterocycles. The van der Waals surface area contributed by atoms with Crippen molar-refractivity contribution in [2.45, 2.75) is 26.3 Å². The third kappa shape index (κ3) is 3.37. The number of fused-ring (bicyclic) bond motifs is 5. The molecule has 4 aromatic carbocycles. The number of rotatable bonds is 3. The molecule has 40 heavy (non-hydrogen) atoms.